The molecule has 0 atom stereocenters. The zero-order chi connectivity index (χ0) is 21.4. The van der Waals surface area contributed by atoms with Crippen LogP contribution in [0.3, 0.4) is 0 Å². The molecule has 2 aromatic carbocycles. The van der Waals surface area contributed by atoms with E-state index in [1.54, 1.807) is 23.0 Å². The molecule has 0 radical (unpaired) electrons. The van der Waals surface area contributed by atoms with E-state index in [0.29, 0.717) is 29.0 Å². The maximum absolute atomic E-state index is 13.6. The van der Waals surface area contributed by atoms with Crippen LogP contribution in [0.2, 0.25) is 0 Å². The fraction of sp³-hybridized carbons (Fsp3) is 0.250. The van der Waals surface area contributed by atoms with Gasteiger partial charge in [0.1, 0.15) is 0 Å². The van der Waals surface area contributed by atoms with Gasteiger partial charge in [0.25, 0.3) is 5.56 Å². The molecule has 0 bridgehead atoms. The van der Waals surface area contributed by atoms with Crippen molar-refractivity contribution >= 4 is 11.2 Å². The first kappa shape index (κ1) is 19.1. The van der Waals surface area contributed by atoms with Crippen molar-refractivity contribution in [2.24, 2.45) is 0 Å². The highest BCUT2D eigenvalue weighted by atomic mass is 16.2. The summed E-state index contributed by atoms with van der Waals surface area (Å²) < 4.78 is 4.74. The zero-order valence-corrected chi connectivity index (χ0v) is 16.9. The van der Waals surface area contributed by atoms with Crippen molar-refractivity contribution in [3.63, 3.8) is 0 Å². The Morgan fingerprint density at radius 3 is 2.55 bits per heavy atom. The minimum absolute atomic E-state index is 0.0929. The molecule has 154 valence electrons. The normalized spacial score (nSPS) is 14.2. The maximum atomic E-state index is 13.6. The molecule has 4 aromatic rings. The number of fused-ring (bicyclic) bond motifs is 1. The molecule has 0 spiro atoms. The van der Waals surface area contributed by atoms with Crippen LogP contribution in [-0.4, -0.2) is 18.7 Å². The summed E-state index contributed by atoms with van der Waals surface area (Å²) in [6.45, 7) is 0.388. The van der Waals surface area contributed by atoms with Gasteiger partial charge in [0.2, 0.25) is 0 Å². The van der Waals surface area contributed by atoms with Crippen LogP contribution in [0.4, 0.5) is 0 Å². The van der Waals surface area contributed by atoms with Gasteiger partial charge in [-0.3, -0.25) is 9.36 Å². The molecule has 2 heterocycles. The SMILES string of the molecule is N#Cc1cccc(Cn2cnc3c2c(=O)n(C2CCCC2)c(=O)n3-c2ccccc2)c1. The van der Waals surface area contributed by atoms with E-state index in [2.05, 4.69) is 11.1 Å². The van der Waals surface area contributed by atoms with Crippen molar-refractivity contribution in [3.8, 4) is 11.8 Å². The molecule has 5 rings (SSSR count). The van der Waals surface area contributed by atoms with E-state index >= 15 is 0 Å². The first-order valence-electron chi connectivity index (χ1n) is 10.4. The van der Waals surface area contributed by atoms with Crippen LogP contribution in [0.5, 0.6) is 0 Å². The molecule has 1 fully saturated rings. The number of imidazole rings is 1. The second-order valence-corrected chi connectivity index (χ2v) is 7.92. The van der Waals surface area contributed by atoms with Crippen molar-refractivity contribution in [1.29, 1.82) is 5.26 Å². The van der Waals surface area contributed by atoms with Crippen LogP contribution in [0.25, 0.3) is 16.9 Å². The summed E-state index contributed by atoms with van der Waals surface area (Å²) in [5, 5.41) is 9.19. The molecule has 0 N–H and O–H groups in total. The third-order valence-corrected chi connectivity index (χ3v) is 5.96. The lowest BCUT2D eigenvalue weighted by Gasteiger charge is -2.17. The van der Waals surface area contributed by atoms with Crippen molar-refractivity contribution in [3.05, 3.63) is 92.9 Å². The first-order valence-corrected chi connectivity index (χ1v) is 10.4. The van der Waals surface area contributed by atoms with Gasteiger partial charge in [-0.25, -0.2) is 14.3 Å². The second kappa shape index (κ2) is 7.73. The van der Waals surface area contributed by atoms with Crippen molar-refractivity contribution in [1.82, 2.24) is 18.7 Å². The average Bonchev–Trinajstić information content (AvgIpc) is 3.46. The second-order valence-electron chi connectivity index (χ2n) is 7.92. The molecule has 1 saturated carbocycles. The fourth-order valence-electron chi connectivity index (χ4n) is 4.50. The van der Waals surface area contributed by atoms with Gasteiger partial charge < -0.3 is 4.57 Å². The maximum Gasteiger partial charge on any atom is 0.337 e. The number of rotatable bonds is 4. The number of nitriles is 1. The van der Waals surface area contributed by atoms with Gasteiger partial charge in [0, 0.05) is 12.6 Å². The number of aromatic nitrogens is 4. The highest BCUT2D eigenvalue weighted by molar-refractivity contribution is 5.72. The molecule has 7 nitrogen and oxygen atoms in total. The molecule has 7 heteroatoms. The van der Waals surface area contributed by atoms with Crippen LogP contribution in [0.15, 0.2) is 70.5 Å². The lowest BCUT2D eigenvalue weighted by atomic mass is 10.1. The molecule has 2 aromatic heterocycles. The van der Waals surface area contributed by atoms with E-state index in [1.165, 1.54) is 9.13 Å². The van der Waals surface area contributed by atoms with Gasteiger partial charge in [0.15, 0.2) is 11.2 Å². The van der Waals surface area contributed by atoms with Crippen LogP contribution in [0.1, 0.15) is 42.9 Å². The van der Waals surface area contributed by atoms with Gasteiger partial charge in [-0.2, -0.15) is 5.26 Å². The lowest BCUT2D eigenvalue weighted by Crippen LogP contribution is -2.41. The standard InChI is InChI=1S/C24H21N5O2/c25-14-17-7-6-8-18(13-17)15-27-16-26-22-21(27)23(30)29(20-11-4-5-12-20)24(31)28(22)19-9-2-1-3-10-19/h1-3,6-10,13,16,20H,4-5,11-12,15H2. The monoisotopic (exact) mass is 411 g/mol. The molecule has 0 saturated heterocycles. The number of benzene rings is 2. The number of hydrogen-bond donors (Lipinski definition) is 0. The van der Waals surface area contributed by atoms with Crippen LogP contribution in [0, 0.1) is 11.3 Å². The molecule has 0 unspecified atom stereocenters. The predicted molar refractivity (Wildman–Crippen MR) is 117 cm³/mol. The Morgan fingerprint density at radius 1 is 1.03 bits per heavy atom. The Bertz CT molecular complexity index is 1420. The van der Waals surface area contributed by atoms with E-state index < -0.39 is 0 Å². The largest absolute Gasteiger partial charge is 0.337 e. The Morgan fingerprint density at radius 2 is 1.81 bits per heavy atom. The Kier molecular flexibility index (Phi) is 4.75. The molecule has 31 heavy (non-hydrogen) atoms. The zero-order valence-electron chi connectivity index (χ0n) is 16.9. The third-order valence-electron chi connectivity index (χ3n) is 5.96. The number of hydrogen-bond acceptors (Lipinski definition) is 4. The van der Waals surface area contributed by atoms with Crippen LogP contribution < -0.4 is 11.2 Å². The van der Waals surface area contributed by atoms with Crippen molar-refractivity contribution in [2.45, 2.75) is 38.3 Å². The highest BCUT2D eigenvalue weighted by Gasteiger charge is 2.26. The summed E-state index contributed by atoms with van der Waals surface area (Å²) in [7, 11) is 0. The summed E-state index contributed by atoms with van der Waals surface area (Å²) in [4.78, 5) is 31.5. The molecule has 0 aliphatic heterocycles. The van der Waals surface area contributed by atoms with Gasteiger partial charge in [-0.1, -0.05) is 43.2 Å². The van der Waals surface area contributed by atoms with E-state index in [9.17, 15) is 14.9 Å². The Balaban J connectivity index is 1.76. The molecular formula is C24H21N5O2. The number of para-hydroxylation sites is 1. The van der Waals surface area contributed by atoms with E-state index in [-0.39, 0.29) is 17.3 Å². The summed E-state index contributed by atoms with van der Waals surface area (Å²) >= 11 is 0. The smallest absolute Gasteiger partial charge is 0.320 e. The number of nitrogens with zero attached hydrogens (tertiary/aromatic N) is 5. The van der Waals surface area contributed by atoms with Crippen LogP contribution in [-0.2, 0) is 6.54 Å². The van der Waals surface area contributed by atoms with Gasteiger partial charge in [0.05, 0.1) is 23.6 Å². The van der Waals surface area contributed by atoms with Gasteiger partial charge in [-0.15, -0.1) is 0 Å². The highest BCUT2D eigenvalue weighted by Crippen LogP contribution is 2.28. The molecule has 1 aliphatic rings. The van der Waals surface area contributed by atoms with Crippen molar-refractivity contribution in [2.75, 3.05) is 0 Å². The third kappa shape index (κ3) is 3.26. The van der Waals surface area contributed by atoms with Gasteiger partial charge >= 0.3 is 5.69 Å². The van der Waals surface area contributed by atoms with E-state index in [4.69, 9.17) is 0 Å². The van der Waals surface area contributed by atoms with Gasteiger partial charge in [-0.05, 0) is 42.7 Å². The summed E-state index contributed by atoms with van der Waals surface area (Å²) in [6.07, 6.45) is 5.28. The average molecular weight is 411 g/mol. The summed E-state index contributed by atoms with van der Waals surface area (Å²) in [5.41, 5.74) is 2.25. The molecule has 0 amide bonds. The molecular weight excluding hydrogens is 390 g/mol. The quantitative estimate of drug-likeness (QED) is 0.515. The minimum atomic E-state index is -0.340. The Hall–Kier alpha value is -3.92. The molecule has 1 aliphatic carbocycles. The minimum Gasteiger partial charge on any atom is -0.320 e. The summed E-state index contributed by atoms with van der Waals surface area (Å²) in [5.74, 6) is 0. The van der Waals surface area contributed by atoms with E-state index in [0.717, 1.165) is 31.2 Å². The van der Waals surface area contributed by atoms with Crippen LogP contribution >= 0.6 is 0 Å². The predicted octanol–water partition coefficient (Wildman–Crippen LogP) is 3.38. The lowest BCUT2D eigenvalue weighted by molar-refractivity contribution is 0.474. The first-order chi connectivity index (χ1) is 15.2. The van der Waals surface area contributed by atoms with Crippen molar-refractivity contribution < 1.29 is 0 Å². The summed E-state index contributed by atoms with van der Waals surface area (Å²) in [6, 6.07) is 18.6. The fourth-order valence-corrected chi connectivity index (χ4v) is 4.50. The Labute approximate surface area is 178 Å². The topological polar surface area (TPSA) is 85.6 Å². The van der Waals surface area contributed by atoms with E-state index in [1.807, 2.05) is 42.5 Å².